The van der Waals surface area contributed by atoms with Crippen molar-refractivity contribution in [3.05, 3.63) is 65.4 Å². The predicted octanol–water partition coefficient (Wildman–Crippen LogP) is 6.59. The molecule has 2 rings (SSSR count). The minimum atomic E-state index is -1.08. The topological polar surface area (TPSA) is 52.9 Å². The number of hydrogen-bond acceptors (Lipinski definition) is 3. The number of carboxylic acid groups (broad SMARTS) is 1. The van der Waals surface area contributed by atoms with E-state index < -0.39 is 5.97 Å². The van der Waals surface area contributed by atoms with Crippen molar-refractivity contribution in [3.63, 3.8) is 0 Å². The van der Waals surface area contributed by atoms with Crippen LogP contribution in [0.1, 0.15) is 65.0 Å². The maximum Gasteiger partial charge on any atom is 0.354 e. The second kappa shape index (κ2) is 13.5. The van der Waals surface area contributed by atoms with Gasteiger partial charge in [-0.05, 0) is 43.1 Å². The highest BCUT2D eigenvalue weighted by molar-refractivity contribution is 6.41. The largest absolute Gasteiger partial charge is 0.477 e. The van der Waals surface area contributed by atoms with Crippen LogP contribution in [0.4, 0.5) is 4.39 Å². The number of unbranched alkanes of at least 4 members (excludes halogenated alkanes) is 1. The summed E-state index contributed by atoms with van der Waals surface area (Å²) in [6.45, 7) is 15.7. The average molecular weight is 403 g/mol. The molecule has 0 unspecified atom stereocenters. The molecule has 0 aliphatic carbocycles. The first kappa shape index (κ1) is 26.3. The Hall–Kier alpha value is -2.69. The molecule has 0 amide bonds. The summed E-state index contributed by atoms with van der Waals surface area (Å²) in [6, 6.07) is 5.11. The molecule has 29 heavy (non-hydrogen) atoms. The van der Waals surface area contributed by atoms with Crippen molar-refractivity contribution in [3.8, 4) is 0 Å². The summed E-state index contributed by atoms with van der Waals surface area (Å²) < 4.78 is 14.3. The highest BCUT2D eigenvalue weighted by atomic mass is 19.1. The highest BCUT2D eigenvalue weighted by Crippen LogP contribution is 2.27. The molecule has 0 saturated heterocycles. The van der Waals surface area contributed by atoms with Gasteiger partial charge >= 0.3 is 5.97 Å². The fourth-order valence-corrected chi connectivity index (χ4v) is 2.60. The third kappa shape index (κ3) is 7.33. The Labute approximate surface area is 175 Å². The molecule has 1 aromatic carbocycles. The first-order valence-corrected chi connectivity index (χ1v) is 10.3. The van der Waals surface area contributed by atoms with Crippen molar-refractivity contribution in [2.24, 2.45) is 4.99 Å². The van der Waals surface area contributed by atoms with E-state index in [0.29, 0.717) is 22.5 Å². The van der Waals surface area contributed by atoms with E-state index in [9.17, 15) is 14.3 Å². The maximum absolute atomic E-state index is 14.3. The molecule has 0 atom stereocenters. The first-order valence-electron chi connectivity index (χ1n) is 10.3. The zero-order valence-electron chi connectivity index (χ0n) is 18.8. The fourth-order valence-electron chi connectivity index (χ4n) is 2.60. The van der Waals surface area contributed by atoms with Crippen molar-refractivity contribution >= 4 is 17.3 Å². The smallest absolute Gasteiger partial charge is 0.354 e. The molecule has 0 fully saturated rings. The number of aryl methyl sites for hydroxylation is 1. The first-order chi connectivity index (χ1) is 13.8. The third-order valence-electron chi connectivity index (χ3n) is 4.16. The van der Waals surface area contributed by atoms with Crippen molar-refractivity contribution < 1.29 is 14.3 Å². The molecule has 1 aromatic rings. The number of allylic oxidation sites excluding steroid dienone is 3. The Morgan fingerprint density at radius 1 is 1.28 bits per heavy atom. The SMILES string of the molecule is C=C(/C=C1/N=C(C(=O)O)C=C(CCCC)N1C)c1cccc(C)c1F.CC.CC. The number of nitrogens with zero attached hydrogens (tertiary/aromatic N) is 2. The van der Waals surface area contributed by atoms with Gasteiger partial charge < -0.3 is 10.0 Å². The summed E-state index contributed by atoms with van der Waals surface area (Å²) in [5, 5.41) is 9.31. The molecule has 0 radical (unpaired) electrons. The number of carbonyl (C=O) groups is 1. The van der Waals surface area contributed by atoms with Crippen LogP contribution in [0.15, 0.2) is 53.4 Å². The molecular weight excluding hydrogens is 367 g/mol. The van der Waals surface area contributed by atoms with Crippen LogP contribution < -0.4 is 0 Å². The van der Waals surface area contributed by atoms with Gasteiger partial charge in [-0.1, -0.05) is 65.8 Å². The standard InChI is InChI=1S/C20H23FN2O2.2C2H6/c1-5-6-9-15-12-17(20(24)25)22-18(23(15)4)11-14(3)16-10-7-8-13(2)19(16)21;2*1-2/h7-8,10-12H,3,5-6,9H2,1-2,4H3,(H,24,25);2*1-2H3/b18-11-;;. The zero-order valence-corrected chi connectivity index (χ0v) is 18.8. The number of carboxylic acids is 1. The average Bonchev–Trinajstić information content (AvgIpc) is 2.73. The molecule has 1 aliphatic heterocycles. The van der Waals surface area contributed by atoms with Crippen molar-refractivity contribution in [2.75, 3.05) is 7.05 Å². The number of hydrogen-bond donors (Lipinski definition) is 1. The number of aliphatic imine (C=N–C) groups is 1. The van der Waals surface area contributed by atoms with E-state index >= 15 is 0 Å². The molecule has 1 aliphatic rings. The Kier molecular flexibility index (Phi) is 12.2. The molecule has 5 heteroatoms. The van der Waals surface area contributed by atoms with E-state index in [1.807, 2.05) is 39.6 Å². The molecule has 0 spiro atoms. The van der Waals surface area contributed by atoms with Gasteiger partial charge in [0.05, 0.1) is 0 Å². The van der Waals surface area contributed by atoms with E-state index in [4.69, 9.17) is 0 Å². The lowest BCUT2D eigenvalue weighted by molar-refractivity contribution is -0.129. The van der Waals surface area contributed by atoms with E-state index in [1.165, 1.54) is 0 Å². The molecule has 0 aromatic heterocycles. The summed E-state index contributed by atoms with van der Waals surface area (Å²) >= 11 is 0. The van der Waals surface area contributed by atoms with Gasteiger partial charge in [0.25, 0.3) is 0 Å². The third-order valence-corrected chi connectivity index (χ3v) is 4.16. The van der Waals surface area contributed by atoms with Crippen LogP contribution in [0.5, 0.6) is 0 Å². The Morgan fingerprint density at radius 2 is 1.90 bits per heavy atom. The molecule has 0 bridgehead atoms. The van der Waals surface area contributed by atoms with Gasteiger partial charge in [-0.25, -0.2) is 14.2 Å². The van der Waals surface area contributed by atoms with Crippen molar-refractivity contribution in [2.45, 2.75) is 60.8 Å². The summed E-state index contributed by atoms with van der Waals surface area (Å²) in [5.74, 6) is -0.968. The number of aliphatic carboxylic acids is 1. The summed E-state index contributed by atoms with van der Waals surface area (Å²) in [6.07, 6.45) is 5.92. The predicted molar refractivity (Wildman–Crippen MR) is 121 cm³/mol. The fraction of sp³-hybridized carbons (Fsp3) is 0.417. The van der Waals surface area contributed by atoms with Crippen LogP contribution in [-0.4, -0.2) is 28.7 Å². The quantitative estimate of drug-likeness (QED) is 0.584. The lowest BCUT2D eigenvalue weighted by Gasteiger charge is -2.27. The van der Waals surface area contributed by atoms with E-state index in [2.05, 4.69) is 18.5 Å². The lowest BCUT2D eigenvalue weighted by atomic mass is 10.0. The van der Waals surface area contributed by atoms with Gasteiger partial charge in [-0.3, -0.25) is 0 Å². The van der Waals surface area contributed by atoms with Gasteiger partial charge in [0, 0.05) is 18.3 Å². The van der Waals surface area contributed by atoms with Crippen molar-refractivity contribution in [1.29, 1.82) is 0 Å². The molecule has 1 N–H and O–H groups in total. The molecular formula is C24H35FN2O2. The lowest BCUT2D eigenvalue weighted by Crippen LogP contribution is -2.25. The second-order valence-electron chi connectivity index (χ2n) is 6.06. The minimum Gasteiger partial charge on any atom is -0.477 e. The van der Waals surface area contributed by atoms with Gasteiger partial charge in [-0.15, -0.1) is 0 Å². The van der Waals surface area contributed by atoms with Gasteiger partial charge in [-0.2, -0.15) is 0 Å². The number of rotatable bonds is 6. The molecule has 0 saturated carbocycles. The Morgan fingerprint density at radius 3 is 2.45 bits per heavy atom. The van der Waals surface area contributed by atoms with E-state index in [-0.39, 0.29) is 11.5 Å². The molecule has 4 nitrogen and oxygen atoms in total. The van der Waals surface area contributed by atoms with Gasteiger partial charge in [0.15, 0.2) is 5.71 Å². The van der Waals surface area contributed by atoms with E-state index in [0.717, 1.165) is 25.0 Å². The van der Waals surface area contributed by atoms with E-state index in [1.54, 1.807) is 37.3 Å². The van der Waals surface area contributed by atoms with Crippen molar-refractivity contribution in [1.82, 2.24) is 4.90 Å². The van der Waals surface area contributed by atoms with Crippen LogP contribution in [0.25, 0.3) is 5.57 Å². The summed E-state index contributed by atoms with van der Waals surface area (Å²) in [5.41, 5.74) is 2.23. The van der Waals surface area contributed by atoms with Gasteiger partial charge in [0.1, 0.15) is 11.6 Å². The Balaban J connectivity index is 0.00000184. The summed E-state index contributed by atoms with van der Waals surface area (Å²) in [7, 11) is 1.83. The Bertz CT molecular complexity index is 792. The summed E-state index contributed by atoms with van der Waals surface area (Å²) in [4.78, 5) is 17.4. The maximum atomic E-state index is 14.3. The second-order valence-corrected chi connectivity index (χ2v) is 6.06. The normalized spacial score (nSPS) is 14.1. The van der Waals surface area contributed by atoms with Crippen LogP contribution in [0.2, 0.25) is 0 Å². The minimum absolute atomic E-state index is 0.0204. The molecule has 1 heterocycles. The number of benzene rings is 1. The number of halogens is 1. The van der Waals surface area contributed by atoms with Crippen LogP contribution >= 0.6 is 0 Å². The van der Waals surface area contributed by atoms with Crippen LogP contribution in [0.3, 0.4) is 0 Å². The highest BCUT2D eigenvalue weighted by Gasteiger charge is 2.20. The van der Waals surface area contributed by atoms with Crippen LogP contribution in [0, 0.1) is 12.7 Å². The van der Waals surface area contributed by atoms with Gasteiger partial charge in [0.2, 0.25) is 0 Å². The molecule has 160 valence electrons. The van der Waals surface area contributed by atoms with Crippen LogP contribution in [-0.2, 0) is 4.79 Å². The monoisotopic (exact) mass is 402 g/mol. The zero-order chi connectivity index (χ0) is 22.6.